The molecule has 0 radical (unpaired) electrons. The lowest BCUT2D eigenvalue weighted by atomic mass is 9.72. The first-order valence-corrected chi connectivity index (χ1v) is 11.9. The average molecular weight is 484 g/mol. The number of alkyl halides is 3. The van der Waals surface area contributed by atoms with E-state index in [0.717, 1.165) is 31.4 Å². The van der Waals surface area contributed by atoms with Gasteiger partial charge in [0.1, 0.15) is 6.04 Å². The highest BCUT2D eigenvalue weighted by atomic mass is 19.4. The Labute approximate surface area is 199 Å². The van der Waals surface area contributed by atoms with E-state index in [2.05, 4.69) is 31.1 Å². The van der Waals surface area contributed by atoms with Crippen molar-refractivity contribution in [2.45, 2.75) is 89.3 Å². The fourth-order valence-electron chi connectivity index (χ4n) is 5.30. The summed E-state index contributed by atoms with van der Waals surface area (Å²) in [6.45, 7) is 8.25. The zero-order chi connectivity index (χ0) is 25.4. The number of carbonyl (C=O) groups excluding carboxylic acids is 2. The molecule has 6 nitrogen and oxygen atoms in total. The van der Waals surface area contributed by atoms with Crippen molar-refractivity contribution in [3.63, 3.8) is 0 Å². The predicted octanol–water partition coefficient (Wildman–Crippen LogP) is 3.68. The molecule has 190 valence electrons. The van der Waals surface area contributed by atoms with Gasteiger partial charge in [0.05, 0.1) is 11.2 Å². The summed E-state index contributed by atoms with van der Waals surface area (Å²) in [5.41, 5.74) is -2.02. The molecule has 0 bridgehead atoms. The molecule has 34 heavy (non-hydrogen) atoms. The largest absolute Gasteiger partial charge is 0.416 e. The van der Waals surface area contributed by atoms with Gasteiger partial charge in [-0.3, -0.25) is 9.59 Å². The number of benzene rings is 1. The normalized spacial score (nSPS) is 26.4. The van der Waals surface area contributed by atoms with Crippen LogP contribution in [0.25, 0.3) is 0 Å². The number of nitrogens with one attached hydrogen (secondary N) is 1. The molecule has 1 heterocycles. The summed E-state index contributed by atoms with van der Waals surface area (Å²) in [5.74, 6) is -1.07. The third-order valence-corrected chi connectivity index (χ3v) is 7.48. The van der Waals surface area contributed by atoms with Crippen LogP contribution in [-0.4, -0.2) is 70.1 Å². The fourth-order valence-corrected chi connectivity index (χ4v) is 5.30. The second kappa shape index (κ2) is 9.85. The molecule has 0 spiro atoms. The van der Waals surface area contributed by atoms with E-state index < -0.39 is 29.3 Å². The summed E-state index contributed by atoms with van der Waals surface area (Å²) in [4.78, 5) is 29.9. The molecule has 2 amide bonds. The highest BCUT2D eigenvalue weighted by Crippen LogP contribution is 2.39. The average Bonchev–Trinajstić information content (AvgIpc) is 3.11. The molecule has 1 aliphatic carbocycles. The zero-order valence-corrected chi connectivity index (χ0v) is 20.5. The Kier molecular flexibility index (Phi) is 7.67. The van der Waals surface area contributed by atoms with E-state index in [0.29, 0.717) is 25.0 Å². The Balaban J connectivity index is 1.71. The van der Waals surface area contributed by atoms with Crippen molar-refractivity contribution >= 4 is 11.8 Å². The lowest BCUT2D eigenvalue weighted by Crippen LogP contribution is -2.56. The summed E-state index contributed by atoms with van der Waals surface area (Å²) in [6, 6.07) is 3.92. The molecule has 3 rings (SSSR count). The second-order valence-electron chi connectivity index (χ2n) is 10.5. The van der Waals surface area contributed by atoms with E-state index in [9.17, 15) is 27.9 Å². The third-order valence-electron chi connectivity index (χ3n) is 7.48. The van der Waals surface area contributed by atoms with Crippen LogP contribution in [0, 0.1) is 5.92 Å². The standard InChI is InChI=1S/C25H36F3N3O3/c1-15(2)30(5)18-9-10-21(19(14-18)24(3,4)34)31-12-11-20(23(31)33)29-22(32)16-7-6-8-17(13-16)25(26,27)28/h6-8,13,15,18-21,34H,9-12,14H2,1-5H3,(H,29,32)/t18-,19+,20+,21+/m1/s1. The van der Waals surface area contributed by atoms with E-state index in [4.69, 9.17) is 0 Å². The quantitative estimate of drug-likeness (QED) is 0.648. The molecule has 2 N–H and O–H groups in total. The van der Waals surface area contributed by atoms with E-state index in [-0.39, 0.29) is 23.4 Å². The molecule has 2 fully saturated rings. The van der Waals surface area contributed by atoms with E-state index in [1.807, 2.05) is 0 Å². The van der Waals surface area contributed by atoms with Crippen LogP contribution < -0.4 is 5.32 Å². The first kappa shape index (κ1) is 26.5. The number of hydrogen-bond donors (Lipinski definition) is 2. The van der Waals surface area contributed by atoms with Crippen LogP contribution in [0.5, 0.6) is 0 Å². The van der Waals surface area contributed by atoms with Crippen molar-refractivity contribution < 1.29 is 27.9 Å². The Morgan fingerprint density at radius 3 is 2.47 bits per heavy atom. The van der Waals surface area contributed by atoms with Crippen molar-refractivity contribution in [1.29, 1.82) is 0 Å². The minimum Gasteiger partial charge on any atom is -0.390 e. The van der Waals surface area contributed by atoms with Crippen molar-refractivity contribution in [3.8, 4) is 0 Å². The number of likely N-dealkylation sites (tertiary alicyclic amines) is 1. The molecule has 1 saturated carbocycles. The summed E-state index contributed by atoms with van der Waals surface area (Å²) < 4.78 is 39.0. The van der Waals surface area contributed by atoms with Gasteiger partial charge in [-0.1, -0.05) is 6.07 Å². The monoisotopic (exact) mass is 483 g/mol. The van der Waals surface area contributed by atoms with Gasteiger partial charge in [-0.15, -0.1) is 0 Å². The Morgan fingerprint density at radius 1 is 1.21 bits per heavy atom. The van der Waals surface area contributed by atoms with Crippen molar-refractivity contribution in [3.05, 3.63) is 35.4 Å². The van der Waals surface area contributed by atoms with Gasteiger partial charge in [-0.25, -0.2) is 0 Å². The highest BCUT2D eigenvalue weighted by molar-refractivity contribution is 5.98. The summed E-state index contributed by atoms with van der Waals surface area (Å²) in [5, 5.41) is 13.6. The molecule has 1 saturated heterocycles. The molecule has 4 atom stereocenters. The summed E-state index contributed by atoms with van der Waals surface area (Å²) >= 11 is 0. The Bertz CT molecular complexity index is 897. The van der Waals surface area contributed by atoms with Crippen LogP contribution in [0.3, 0.4) is 0 Å². The second-order valence-corrected chi connectivity index (χ2v) is 10.5. The van der Waals surface area contributed by atoms with E-state index in [1.54, 1.807) is 18.7 Å². The smallest absolute Gasteiger partial charge is 0.390 e. The maximum absolute atomic E-state index is 13.2. The lowest BCUT2D eigenvalue weighted by molar-refractivity contribution is -0.138. The number of nitrogens with zero attached hydrogens (tertiary/aromatic N) is 2. The van der Waals surface area contributed by atoms with Gasteiger partial charge in [-0.05, 0) is 78.6 Å². The maximum Gasteiger partial charge on any atom is 0.416 e. The highest BCUT2D eigenvalue weighted by Gasteiger charge is 2.47. The van der Waals surface area contributed by atoms with E-state index in [1.165, 1.54) is 12.1 Å². The maximum atomic E-state index is 13.2. The number of halogens is 3. The van der Waals surface area contributed by atoms with Gasteiger partial charge < -0.3 is 20.2 Å². The third kappa shape index (κ3) is 5.74. The first-order chi connectivity index (χ1) is 15.7. The number of amides is 2. The fraction of sp³-hybridized carbons (Fsp3) is 0.680. The van der Waals surface area contributed by atoms with Gasteiger partial charge >= 0.3 is 6.18 Å². The Morgan fingerprint density at radius 2 is 1.88 bits per heavy atom. The van der Waals surface area contributed by atoms with Crippen LogP contribution >= 0.6 is 0 Å². The first-order valence-electron chi connectivity index (χ1n) is 11.9. The SMILES string of the molecule is CC(C)N(C)[C@@H]1CC[C@H](N2CC[C@H](NC(=O)c3cccc(C(F)(F)F)c3)C2=O)[C@@H](C(C)(C)O)C1. The summed E-state index contributed by atoms with van der Waals surface area (Å²) in [7, 11) is 2.08. The van der Waals surface area contributed by atoms with Gasteiger partial charge in [0.15, 0.2) is 0 Å². The molecular weight excluding hydrogens is 447 g/mol. The minimum absolute atomic E-state index is 0.130. The van der Waals surface area contributed by atoms with Crippen LogP contribution in [0.1, 0.15) is 69.3 Å². The lowest BCUT2D eigenvalue weighted by Gasteiger charge is -2.48. The van der Waals surface area contributed by atoms with Crippen LogP contribution in [-0.2, 0) is 11.0 Å². The molecule has 1 aromatic rings. The topological polar surface area (TPSA) is 72.9 Å². The molecule has 0 unspecified atom stereocenters. The van der Waals surface area contributed by atoms with Gasteiger partial charge in [0, 0.05) is 36.2 Å². The zero-order valence-electron chi connectivity index (χ0n) is 20.5. The molecule has 2 aliphatic rings. The predicted molar refractivity (Wildman–Crippen MR) is 123 cm³/mol. The molecule has 9 heteroatoms. The number of carbonyl (C=O) groups is 2. The molecule has 1 aliphatic heterocycles. The van der Waals surface area contributed by atoms with Gasteiger partial charge in [0.25, 0.3) is 5.91 Å². The van der Waals surface area contributed by atoms with Crippen molar-refractivity contribution in [2.24, 2.45) is 5.92 Å². The molecule has 0 aromatic heterocycles. The van der Waals surface area contributed by atoms with Crippen LogP contribution in [0.15, 0.2) is 24.3 Å². The minimum atomic E-state index is -4.55. The molecular formula is C25H36F3N3O3. The van der Waals surface area contributed by atoms with Crippen LogP contribution in [0.4, 0.5) is 13.2 Å². The number of rotatable bonds is 6. The molecule has 1 aromatic carbocycles. The Hall–Kier alpha value is -2.13. The van der Waals surface area contributed by atoms with Crippen molar-refractivity contribution in [1.82, 2.24) is 15.1 Å². The van der Waals surface area contributed by atoms with Crippen LogP contribution in [0.2, 0.25) is 0 Å². The van der Waals surface area contributed by atoms with E-state index >= 15 is 0 Å². The number of hydrogen-bond acceptors (Lipinski definition) is 4. The van der Waals surface area contributed by atoms with Gasteiger partial charge in [0.2, 0.25) is 5.91 Å². The summed E-state index contributed by atoms with van der Waals surface area (Å²) in [6.07, 6.45) is -1.76. The van der Waals surface area contributed by atoms with Gasteiger partial charge in [-0.2, -0.15) is 13.2 Å². The van der Waals surface area contributed by atoms with Crippen molar-refractivity contribution in [2.75, 3.05) is 13.6 Å². The number of aliphatic hydroxyl groups is 1.